The van der Waals surface area contributed by atoms with Crippen LogP contribution in [0.5, 0.6) is 0 Å². The van der Waals surface area contributed by atoms with Gasteiger partial charge in [0.1, 0.15) is 0 Å². The number of fused-ring (bicyclic) bond motifs is 1. The number of aromatic nitrogens is 2. The quantitative estimate of drug-likeness (QED) is 0.584. The summed E-state index contributed by atoms with van der Waals surface area (Å²) in [6.07, 6.45) is -0.116. The molecule has 0 bridgehead atoms. The Bertz CT molecular complexity index is 1120. The van der Waals surface area contributed by atoms with E-state index in [1.165, 1.54) is 12.1 Å². The van der Waals surface area contributed by atoms with Crippen LogP contribution in [0.2, 0.25) is 5.02 Å². The Labute approximate surface area is 157 Å². The third kappa shape index (κ3) is 4.24. The lowest BCUT2D eigenvalue weighted by molar-refractivity contribution is -0.122. The summed E-state index contributed by atoms with van der Waals surface area (Å²) in [6, 6.07) is 12.6. The molecule has 3 N–H and O–H groups in total. The van der Waals surface area contributed by atoms with Crippen molar-refractivity contribution in [2.75, 3.05) is 0 Å². The minimum atomic E-state index is -0.516. The molecule has 8 nitrogen and oxygen atoms in total. The number of hydrogen-bond donors (Lipinski definition) is 3. The zero-order valence-corrected chi connectivity index (χ0v) is 14.7. The van der Waals surface area contributed by atoms with Crippen LogP contribution < -0.4 is 22.0 Å². The van der Waals surface area contributed by atoms with Gasteiger partial charge in [-0.2, -0.15) is 0 Å². The number of nitrogens with zero attached hydrogens (tertiary/aromatic N) is 1. The summed E-state index contributed by atoms with van der Waals surface area (Å²) in [5, 5.41) is 3.50. The van der Waals surface area contributed by atoms with Crippen molar-refractivity contribution in [1.29, 1.82) is 0 Å². The van der Waals surface area contributed by atoms with Gasteiger partial charge < -0.3 is 0 Å². The van der Waals surface area contributed by atoms with Crippen molar-refractivity contribution in [2.45, 2.75) is 13.0 Å². The molecule has 2 aromatic carbocycles. The predicted molar refractivity (Wildman–Crippen MR) is 101 cm³/mol. The highest BCUT2D eigenvalue weighted by Gasteiger charge is 2.10. The summed E-state index contributed by atoms with van der Waals surface area (Å²) in [4.78, 5) is 48.2. The number of carbonyl (C=O) groups excluding carboxylic acids is 2. The van der Waals surface area contributed by atoms with Gasteiger partial charge in [-0.05, 0) is 36.4 Å². The molecule has 0 saturated heterocycles. The highest BCUT2D eigenvalue weighted by molar-refractivity contribution is 6.30. The molecule has 138 valence electrons. The normalized spacial score (nSPS) is 10.6. The minimum absolute atomic E-state index is 0.0401. The second-order valence-corrected chi connectivity index (χ2v) is 6.14. The molecule has 3 rings (SSSR count). The molecular formula is C18H15ClN4O4. The number of amides is 2. The summed E-state index contributed by atoms with van der Waals surface area (Å²) in [5.41, 5.74) is 4.04. The van der Waals surface area contributed by atoms with E-state index in [0.29, 0.717) is 16.0 Å². The van der Waals surface area contributed by atoms with E-state index in [1.807, 2.05) is 0 Å². The Kier molecular flexibility index (Phi) is 5.37. The zero-order valence-electron chi connectivity index (χ0n) is 14.0. The van der Waals surface area contributed by atoms with Gasteiger partial charge in [-0.25, -0.2) is 4.68 Å². The lowest BCUT2D eigenvalue weighted by atomic mass is 10.2. The molecule has 0 aliphatic carbocycles. The number of hydrogen-bond acceptors (Lipinski definition) is 4. The topological polar surface area (TPSA) is 113 Å². The molecule has 0 atom stereocenters. The fourth-order valence-electron chi connectivity index (χ4n) is 2.48. The number of H-pyrrole nitrogens is 1. The molecule has 0 radical (unpaired) electrons. The lowest BCUT2D eigenvalue weighted by Gasteiger charge is -2.09. The number of carbonyl (C=O) groups is 2. The standard InChI is InChI=1S/C18H15ClN4O4/c19-12-7-5-11(6-8-12)16(25)21-20-15(24)9-10-23-18(27)14-4-2-1-3-13(14)17(26)22-23/h1-8H,9-10H2,(H,20,24)(H,21,25)(H,22,26). The van der Waals surface area contributed by atoms with E-state index in [4.69, 9.17) is 11.6 Å². The molecule has 27 heavy (non-hydrogen) atoms. The molecule has 1 aromatic heterocycles. The highest BCUT2D eigenvalue weighted by Crippen LogP contribution is 2.09. The Morgan fingerprint density at radius 3 is 2.33 bits per heavy atom. The van der Waals surface area contributed by atoms with Crippen molar-refractivity contribution in [2.24, 2.45) is 0 Å². The van der Waals surface area contributed by atoms with Crippen molar-refractivity contribution < 1.29 is 9.59 Å². The van der Waals surface area contributed by atoms with Crippen LogP contribution in [0, 0.1) is 0 Å². The molecule has 1 heterocycles. The van der Waals surface area contributed by atoms with Gasteiger partial charge in [0.05, 0.1) is 17.3 Å². The number of aromatic amines is 1. The summed E-state index contributed by atoms with van der Waals surface area (Å²) < 4.78 is 1.07. The van der Waals surface area contributed by atoms with Crippen molar-refractivity contribution in [3.05, 3.63) is 79.8 Å². The first-order valence-electron chi connectivity index (χ1n) is 8.02. The maximum absolute atomic E-state index is 12.4. The molecule has 0 saturated carbocycles. The van der Waals surface area contributed by atoms with Crippen LogP contribution in [-0.4, -0.2) is 21.6 Å². The van der Waals surface area contributed by atoms with E-state index < -0.39 is 22.9 Å². The van der Waals surface area contributed by atoms with E-state index >= 15 is 0 Å². The molecule has 9 heteroatoms. The maximum Gasteiger partial charge on any atom is 0.273 e. The van der Waals surface area contributed by atoms with E-state index in [-0.39, 0.29) is 18.4 Å². The van der Waals surface area contributed by atoms with Crippen molar-refractivity contribution >= 4 is 34.2 Å². The van der Waals surface area contributed by atoms with Crippen LogP contribution in [0.1, 0.15) is 16.8 Å². The molecular weight excluding hydrogens is 372 g/mol. The number of halogens is 1. The Hall–Kier alpha value is -3.39. The number of hydrazine groups is 1. The first-order valence-corrected chi connectivity index (χ1v) is 8.40. The SMILES string of the molecule is O=C(CCn1[nH]c(=O)c2ccccc2c1=O)NNC(=O)c1ccc(Cl)cc1. The van der Waals surface area contributed by atoms with Gasteiger partial charge >= 0.3 is 0 Å². The number of aryl methyl sites for hydroxylation is 1. The summed E-state index contributed by atoms with van der Waals surface area (Å²) >= 11 is 5.75. The third-order valence-corrected chi connectivity index (χ3v) is 4.12. The largest absolute Gasteiger partial charge is 0.273 e. The second-order valence-electron chi connectivity index (χ2n) is 5.70. The Balaban J connectivity index is 1.61. The average Bonchev–Trinajstić information content (AvgIpc) is 2.68. The summed E-state index contributed by atoms with van der Waals surface area (Å²) in [6.45, 7) is -0.0401. The van der Waals surface area contributed by atoms with Crippen LogP contribution in [-0.2, 0) is 11.3 Å². The second kappa shape index (κ2) is 7.88. The van der Waals surface area contributed by atoms with Gasteiger partial charge in [-0.1, -0.05) is 23.7 Å². The molecule has 0 unspecified atom stereocenters. The molecule has 0 aliphatic rings. The van der Waals surface area contributed by atoms with Gasteiger partial charge in [0.15, 0.2) is 0 Å². The summed E-state index contributed by atoms with van der Waals surface area (Å²) in [5.74, 6) is -1.02. The van der Waals surface area contributed by atoms with Gasteiger partial charge in [-0.3, -0.25) is 35.1 Å². The maximum atomic E-state index is 12.4. The smallest absolute Gasteiger partial charge is 0.273 e. The average molecular weight is 387 g/mol. The van der Waals surface area contributed by atoms with Gasteiger partial charge in [0, 0.05) is 17.0 Å². The fraction of sp³-hybridized carbons (Fsp3) is 0.111. The van der Waals surface area contributed by atoms with Crippen LogP contribution in [0.15, 0.2) is 58.1 Å². The monoisotopic (exact) mass is 386 g/mol. The van der Waals surface area contributed by atoms with E-state index in [2.05, 4.69) is 16.0 Å². The van der Waals surface area contributed by atoms with E-state index in [1.54, 1.807) is 36.4 Å². The predicted octanol–water partition coefficient (Wildman–Crippen LogP) is 1.19. The van der Waals surface area contributed by atoms with Gasteiger partial charge in [-0.15, -0.1) is 0 Å². The van der Waals surface area contributed by atoms with Crippen molar-refractivity contribution in [1.82, 2.24) is 20.6 Å². The number of rotatable bonds is 4. The Morgan fingerprint density at radius 2 is 1.63 bits per heavy atom. The third-order valence-electron chi connectivity index (χ3n) is 3.87. The van der Waals surface area contributed by atoms with Gasteiger partial charge in [0.25, 0.3) is 17.0 Å². The minimum Gasteiger partial charge on any atom is -0.273 e. The number of benzene rings is 2. The lowest BCUT2D eigenvalue weighted by Crippen LogP contribution is -2.42. The van der Waals surface area contributed by atoms with E-state index in [0.717, 1.165) is 4.68 Å². The van der Waals surface area contributed by atoms with Crippen molar-refractivity contribution in [3.63, 3.8) is 0 Å². The zero-order chi connectivity index (χ0) is 19.4. The molecule has 2 amide bonds. The number of nitrogens with one attached hydrogen (secondary N) is 3. The Morgan fingerprint density at radius 1 is 0.963 bits per heavy atom. The van der Waals surface area contributed by atoms with Crippen molar-refractivity contribution in [3.8, 4) is 0 Å². The highest BCUT2D eigenvalue weighted by atomic mass is 35.5. The molecule has 0 spiro atoms. The molecule has 0 aliphatic heterocycles. The van der Waals surface area contributed by atoms with Crippen LogP contribution in [0.3, 0.4) is 0 Å². The fourth-order valence-corrected chi connectivity index (χ4v) is 2.61. The van der Waals surface area contributed by atoms with E-state index in [9.17, 15) is 19.2 Å². The van der Waals surface area contributed by atoms with Crippen LogP contribution >= 0.6 is 11.6 Å². The first kappa shape index (κ1) is 18.4. The first-order chi connectivity index (χ1) is 13.0. The molecule has 0 fully saturated rings. The van der Waals surface area contributed by atoms with Crippen LogP contribution in [0.4, 0.5) is 0 Å². The van der Waals surface area contributed by atoms with Crippen LogP contribution in [0.25, 0.3) is 10.8 Å². The van der Waals surface area contributed by atoms with Gasteiger partial charge in [0.2, 0.25) is 5.91 Å². The summed E-state index contributed by atoms with van der Waals surface area (Å²) in [7, 11) is 0. The molecule has 3 aromatic rings.